The summed E-state index contributed by atoms with van der Waals surface area (Å²) in [6, 6.07) is 14.5. The van der Waals surface area contributed by atoms with Crippen molar-refractivity contribution in [1.82, 2.24) is 30.2 Å². The third-order valence-corrected chi connectivity index (χ3v) is 13.5. The van der Waals surface area contributed by atoms with Crippen LogP contribution in [0.25, 0.3) is 11.3 Å². The fraction of sp³-hybridized carbons (Fsp3) is 0.512. The Kier molecular flexibility index (Phi) is 8.32. The minimum absolute atomic E-state index is 0.107. The van der Waals surface area contributed by atoms with Crippen molar-refractivity contribution in [3.8, 4) is 17.0 Å². The number of aromatic nitrogens is 2. The number of likely N-dealkylation sites (tertiary alicyclic amines) is 1. The third kappa shape index (κ3) is 6.00. The molecule has 10 rings (SSSR count). The van der Waals surface area contributed by atoms with Crippen molar-refractivity contribution in [3.05, 3.63) is 59.7 Å². The number of para-hydroxylation sites is 1. The standard InChI is InChI=1S/C41H47N9O5/c1-23-14-24(10-11-48(23)25-6-7-27-29(15-25)41(55)50(40(27)54)34-8-9-37(52)43-39(34)53)18-47-21-31-30(32(31)22-47)20-46-12-13-49-26(19-46)17-42-38-35(49)16-33(44-45-38)28-4-2-3-5-36(28)51/h2-7,15-16,23-24,26,30-32,34,51H,8-14,17-22H2,1H3,(H,42,45)(H,43,52,53)/t23-,24-,26+,30-,31-,32+,34?/m1/s1. The van der Waals surface area contributed by atoms with Gasteiger partial charge in [-0.05, 0) is 86.3 Å². The molecule has 7 heterocycles. The van der Waals surface area contributed by atoms with Crippen molar-refractivity contribution < 1.29 is 24.3 Å². The van der Waals surface area contributed by atoms with Gasteiger partial charge in [-0.25, -0.2) is 0 Å². The van der Waals surface area contributed by atoms with Gasteiger partial charge in [0.15, 0.2) is 5.82 Å². The Bertz CT molecular complexity index is 2080. The Morgan fingerprint density at radius 3 is 2.44 bits per heavy atom. The monoisotopic (exact) mass is 745 g/mol. The average Bonchev–Trinajstić information content (AvgIpc) is 3.49. The lowest BCUT2D eigenvalue weighted by molar-refractivity contribution is -0.136. The van der Waals surface area contributed by atoms with Gasteiger partial charge in [-0.1, -0.05) is 12.1 Å². The first-order valence-electron chi connectivity index (χ1n) is 19.9. The first-order chi connectivity index (χ1) is 26.7. The molecule has 3 N–H and O–H groups in total. The number of phenolic OH excluding ortho intramolecular Hbond substituents is 1. The Labute approximate surface area is 319 Å². The predicted molar refractivity (Wildman–Crippen MR) is 205 cm³/mol. The van der Waals surface area contributed by atoms with Gasteiger partial charge in [0.25, 0.3) is 11.8 Å². The van der Waals surface area contributed by atoms with Gasteiger partial charge in [-0.3, -0.25) is 34.3 Å². The minimum atomic E-state index is -0.956. The summed E-state index contributed by atoms with van der Waals surface area (Å²) in [6.45, 7) is 11.7. The molecule has 14 nitrogen and oxygen atoms in total. The number of aromatic hydroxyl groups is 1. The zero-order valence-corrected chi connectivity index (χ0v) is 31.1. The van der Waals surface area contributed by atoms with Crippen molar-refractivity contribution in [2.45, 2.75) is 50.7 Å². The van der Waals surface area contributed by atoms with E-state index in [0.717, 1.165) is 92.0 Å². The van der Waals surface area contributed by atoms with Crippen LogP contribution in [0.3, 0.4) is 0 Å². The second-order valence-electron chi connectivity index (χ2n) is 16.8. The second kappa shape index (κ2) is 13.3. The molecule has 55 heavy (non-hydrogen) atoms. The number of imide groups is 2. The molecule has 14 heteroatoms. The number of piperidine rings is 3. The summed E-state index contributed by atoms with van der Waals surface area (Å²) in [7, 11) is 0. The van der Waals surface area contributed by atoms with Gasteiger partial charge < -0.3 is 25.1 Å². The van der Waals surface area contributed by atoms with Crippen LogP contribution in [0, 0.1) is 23.7 Å². The van der Waals surface area contributed by atoms with E-state index in [2.05, 4.69) is 53.4 Å². The summed E-state index contributed by atoms with van der Waals surface area (Å²) in [5, 5.41) is 25.0. The number of carbonyl (C=O) groups is 4. The number of phenols is 1. The lowest BCUT2D eigenvalue weighted by Crippen LogP contribution is -2.58. The van der Waals surface area contributed by atoms with Gasteiger partial charge in [-0.2, -0.15) is 0 Å². The second-order valence-corrected chi connectivity index (χ2v) is 16.8. The SMILES string of the molecule is C[C@@H]1C[C@H](CN2C[C@@H]3[C@H](C2)[C@H]3CN2CCN3c4cc(-c5ccccc5O)nnc4NC[C@H]3C2)CCN1c1ccc2c(c1)C(=O)N(C1CCC(=O)NC1=O)C2=O. The van der Waals surface area contributed by atoms with Crippen LogP contribution in [0.5, 0.6) is 5.75 Å². The molecule has 1 saturated carbocycles. The molecule has 286 valence electrons. The van der Waals surface area contributed by atoms with Gasteiger partial charge >= 0.3 is 0 Å². The first-order valence-corrected chi connectivity index (χ1v) is 19.9. The third-order valence-electron chi connectivity index (χ3n) is 13.5. The van der Waals surface area contributed by atoms with Crippen LogP contribution in [-0.2, 0) is 9.59 Å². The zero-order valence-electron chi connectivity index (χ0n) is 31.1. The number of amides is 4. The van der Waals surface area contributed by atoms with Crippen LogP contribution in [-0.4, -0.2) is 131 Å². The summed E-state index contributed by atoms with van der Waals surface area (Å²) in [6.07, 6.45) is 2.41. The average molecular weight is 746 g/mol. The zero-order chi connectivity index (χ0) is 37.5. The lowest BCUT2D eigenvalue weighted by Gasteiger charge is -2.46. The van der Waals surface area contributed by atoms with E-state index >= 15 is 0 Å². The van der Waals surface area contributed by atoms with Crippen LogP contribution in [0.4, 0.5) is 17.2 Å². The van der Waals surface area contributed by atoms with Gasteiger partial charge in [-0.15, -0.1) is 10.2 Å². The van der Waals surface area contributed by atoms with E-state index in [1.54, 1.807) is 12.1 Å². The van der Waals surface area contributed by atoms with E-state index in [1.807, 2.05) is 30.3 Å². The summed E-state index contributed by atoms with van der Waals surface area (Å²) in [5.74, 6) is 2.13. The fourth-order valence-electron chi connectivity index (χ4n) is 10.6. The van der Waals surface area contributed by atoms with E-state index in [4.69, 9.17) is 0 Å². The Hall–Kier alpha value is -5.08. The summed E-state index contributed by atoms with van der Waals surface area (Å²) >= 11 is 0. The van der Waals surface area contributed by atoms with E-state index in [1.165, 1.54) is 19.6 Å². The molecule has 0 bridgehead atoms. The summed E-state index contributed by atoms with van der Waals surface area (Å²) in [5.41, 5.74) is 4.05. The van der Waals surface area contributed by atoms with Crippen LogP contribution in [0.1, 0.15) is 53.3 Å². The van der Waals surface area contributed by atoms with E-state index in [9.17, 15) is 24.3 Å². The number of carbonyl (C=O) groups excluding carboxylic acids is 4. The van der Waals surface area contributed by atoms with Crippen LogP contribution >= 0.6 is 0 Å². The highest BCUT2D eigenvalue weighted by atomic mass is 16.3. The van der Waals surface area contributed by atoms with Crippen LogP contribution < -0.4 is 20.4 Å². The number of benzene rings is 2. The number of nitrogens with zero attached hydrogens (tertiary/aromatic N) is 7. The van der Waals surface area contributed by atoms with Crippen molar-refractivity contribution in [2.75, 3.05) is 74.0 Å². The van der Waals surface area contributed by atoms with Crippen molar-refractivity contribution >= 4 is 40.8 Å². The van der Waals surface area contributed by atoms with Gasteiger partial charge in [0.1, 0.15) is 11.8 Å². The maximum Gasteiger partial charge on any atom is 0.262 e. The van der Waals surface area contributed by atoms with Gasteiger partial charge in [0.05, 0.1) is 28.6 Å². The number of anilines is 3. The van der Waals surface area contributed by atoms with Crippen LogP contribution in [0.15, 0.2) is 48.5 Å². The Morgan fingerprint density at radius 2 is 1.64 bits per heavy atom. The molecule has 4 amide bonds. The number of nitrogens with one attached hydrogen (secondary N) is 2. The normalized spacial score (nSPS) is 30.4. The van der Waals surface area contributed by atoms with Crippen molar-refractivity contribution in [3.63, 3.8) is 0 Å². The predicted octanol–water partition coefficient (Wildman–Crippen LogP) is 2.65. The molecule has 7 aliphatic rings. The number of hydrogen-bond donors (Lipinski definition) is 3. The summed E-state index contributed by atoms with van der Waals surface area (Å²) in [4.78, 5) is 62.0. The maximum atomic E-state index is 13.4. The number of rotatable bonds is 7. The largest absolute Gasteiger partial charge is 0.507 e. The smallest absolute Gasteiger partial charge is 0.262 e. The fourth-order valence-corrected chi connectivity index (χ4v) is 10.6. The maximum absolute atomic E-state index is 13.4. The molecule has 1 unspecified atom stereocenters. The number of fused-ring (bicyclic) bond motifs is 5. The van der Waals surface area contributed by atoms with Gasteiger partial charge in [0.2, 0.25) is 11.8 Å². The number of hydrogen-bond acceptors (Lipinski definition) is 12. The molecule has 3 aromatic rings. The topological polar surface area (TPSA) is 155 Å². The molecule has 5 fully saturated rings. The Morgan fingerprint density at radius 1 is 0.818 bits per heavy atom. The molecule has 4 saturated heterocycles. The number of piperazine rings is 1. The summed E-state index contributed by atoms with van der Waals surface area (Å²) < 4.78 is 0. The first kappa shape index (κ1) is 34.4. The van der Waals surface area contributed by atoms with E-state index in [-0.39, 0.29) is 24.5 Å². The molecule has 6 aliphatic heterocycles. The minimum Gasteiger partial charge on any atom is -0.507 e. The van der Waals surface area contributed by atoms with E-state index in [0.29, 0.717) is 40.4 Å². The lowest BCUT2D eigenvalue weighted by atomic mass is 9.90. The highest BCUT2D eigenvalue weighted by Crippen LogP contribution is 2.52. The van der Waals surface area contributed by atoms with Crippen LogP contribution in [0.2, 0.25) is 0 Å². The van der Waals surface area contributed by atoms with Crippen molar-refractivity contribution in [2.24, 2.45) is 23.7 Å². The molecular formula is C41H47N9O5. The molecule has 7 atom stereocenters. The molecule has 2 aromatic carbocycles. The Balaban J connectivity index is 0.701. The molecular weight excluding hydrogens is 699 g/mol. The highest BCUT2D eigenvalue weighted by Gasteiger charge is 2.56. The van der Waals surface area contributed by atoms with Gasteiger partial charge in [0, 0.05) is 82.6 Å². The quantitative estimate of drug-likeness (QED) is 0.305. The highest BCUT2D eigenvalue weighted by molar-refractivity contribution is 6.23. The molecule has 1 aromatic heterocycles. The van der Waals surface area contributed by atoms with E-state index < -0.39 is 23.8 Å². The molecule has 0 radical (unpaired) electrons. The molecule has 0 spiro atoms. The van der Waals surface area contributed by atoms with Crippen molar-refractivity contribution in [1.29, 1.82) is 0 Å². The molecule has 1 aliphatic carbocycles.